The number of fused-ring (bicyclic) bond motifs is 1. The molecule has 1 heterocycles. The summed E-state index contributed by atoms with van der Waals surface area (Å²) >= 11 is 7.17. The number of hydrogen-bond acceptors (Lipinski definition) is 3. The predicted octanol–water partition coefficient (Wildman–Crippen LogP) is 4.95. The highest BCUT2D eigenvalue weighted by Crippen LogP contribution is 2.31. The minimum atomic E-state index is -0.340. The number of ether oxygens (including phenoxy) is 1. The van der Waals surface area contributed by atoms with Crippen molar-refractivity contribution in [3.63, 3.8) is 0 Å². The molecule has 3 aromatic rings. The van der Waals surface area contributed by atoms with Crippen LogP contribution in [0.3, 0.4) is 0 Å². The first-order chi connectivity index (χ1) is 10.6. The largest absolute Gasteiger partial charge is 0.495 e. The number of anilines is 1. The third-order valence-electron chi connectivity index (χ3n) is 3.14. The second-order valence-electron chi connectivity index (χ2n) is 4.56. The summed E-state index contributed by atoms with van der Waals surface area (Å²) in [4.78, 5) is 12.8. The summed E-state index contributed by atoms with van der Waals surface area (Å²) in [6, 6.07) is 11.3. The topological polar surface area (TPSA) is 38.3 Å². The molecule has 0 aliphatic rings. The molecule has 0 aliphatic carbocycles. The van der Waals surface area contributed by atoms with Crippen LogP contribution in [0, 0.1) is 5.82 Å². The van der Waals surface area contributed by atoms with Crippen molar-refractivity contribution < 1.29 is 13.9 Å². The summed E-state index contributed by atoms with van der Waals surface area (Å²) in [6.45, 7) is 0. The van der Waals surface area contributed by atoms with Gasteiger partial charge in [-0.25, -0.2) is 4.39 Å². The Morgan fingerprint density at radius 3 is 2.82 bits per heavy atom. The smallest absolute Gasteiger partial charge is 0.265 e. The first-order valence-electron chi connectivity index (χ1n) is 6.41. The van der Waals surface area contributed by atoms with E-state index in [1.54, 1.807) is 36.4 Å². The number of thiophene rings is 1. The SMILES string of the molecule is COc1ccc(Cl)cc1NC(=O)c1cc2c(F)cccc2s1. The molecule has 1 amide bonds. The van der Waals surface area contributed by atoms with E-state index in [0.717, 1.165) is 4.70 Å². The summed E-state index contributed by atoms with van der Waals surface area (Å²) in [5.41, 5.74) is 0.470. The predicted molar refractivity (Wildman–Crippen MR) is 87.7 cm³/mol. The average Bonchev–Trinajstić information content (AvgIpc) is 2.93. The fourth-order valence-electron chi connectivity index (χ4n) is 2.10. The van der Waals surface area contributed by atoms with Crippen LogP contribution < -0.4 is 10.1 Å². The molecule has 0 spiro atoms. The zero-order valence-corrected chi connectivity index (χ0v) is 13.1. The van der Waals surface area contributed by atoms with E-state index < -0.39 is 0 Å². The van der Waals surface area contributed by atoms with Crippen molar-refractivity contribution in [1.82, 2.24) is 0 Å². The molecule has 0 aliphatic heterocycles. The third-order valence-corrected chi connectivity index (χ3v) is 4.48. The fourth-order valence-corrected chi connectivity index (χ4v) is 3.24. The van der Waals surface area contributed by atoms with Gasteiger partial charge in [-0.05, 0) is 36.4 Å². The molecule has 1 aromatic heterocycles. The number of carbonyl (C=O) groups excluding carboxylic acids is 1. The Bertz CT molecular complexity index is 862. The van der Waals surface area contributed by atoms with Crippen molar-refractivity contribution in [1.29, 1.82) is 0 Å². The lowest BCUT2D eigenvalue weighted by Crippen LogP contribution is -2.11. The summed E-state index contributed by atoms with van der Waals surface area (Å²) in [6.07, 6.45) is 0. The fraction of sp³-hybridized carbons (Fsp3) is 0.0625. The molecule has 0 atom stereocenters. The molecule has 3 nitrogen and oxygen atoms in total. The summed E-state index contributed by atoms with van der Waals surface area (Å²) in [7, 11) is 1.51. The molecular formula is C16H11ClFNO2S. The van der Waals surface area contributed by atoms with E-state index in [0.29, 0.717) is 26.7 Å². The number of nitrogens with one attached hydrogen (secondary N) is 1. The van der Waals surface area contributed by atoms with E-state index >= 15 is 0 Å². The number of halogens is 2. The molecule has 6 heteroatoms. The molecule has 0 bridgehead atoms. The number of carbonyl (C=O) groups is 1. The molecule has 0 unspecified atom stereocenters. The van der Waals surface area contributed by atoms with Gasteiger partial charge in [0, 0.05) is 15.1 Å². The van der Waals surface area contributed by atoms with Crippen molar-refractivity contribution in [2.75, 3.05) is 12.4 Å². The van der Waals surface area contributed by atoms with E-state index in [1.807, 2.05) is 0 Å². The maximum absolute atomic E-state index is 13.7. The van der Waals surface area contributed by atoms with Crippen LogP contribution >= 0.6 is 22.9 Å². The van der Waals surface area contributed by atoms with E-state index in [4.69, 9.17) is 16.3 Å². The van der Waals surface area contributed by atoms with Crippen LogP contribution in [-0.4, -0.2) is 13.0 Å². The highest BCUT2D eigenvalue weighted by atomic mass is 35.5. The standard InChI is InChI=1S/C16H11ClFNO2S/c1-21-13-6-5-9(17)7-12(13)19-16(20)15-8-10-11(18)3-2-4-14(10)22-15/h2-8H,1H3,(H,19,20). The van der Waals surface area contributed by atoms with Crippen LogP contribution in [-0.2, 0) is 0 Å². The molecule has 0 radical (unpaired) electrons. The van der Waals surface area contributed by atoms with Crippen molar-refractivity contribution >= 4 is 44.6 Å². The quantitative estimate of drug-likeness (QED) is 0.735. The van der Waals surface area contributed by atoms with Crippen LogP contribution in [0.4, 0.5) is 10.1 Å². The van der Waals surface area contributed by atoms with Gasteiger partial charge >= 0.3 is 0 Å². The minimum absolute atomic E-state index is 0.332. The van der Waals surface area contributed by atoms with Crippen molar-refractivity contribution in [2.45, 2.75) is 0 Å². The van der Waals surface area contributed by atoms with E-state index in [1.165, 1.54) is 24.5 Å². The first kappa shape index (κ1) is 14.8. The Morgan fingerprint density at radius 1 is 1.27 bits per heavy atom. The third kappa shape index (κ3) is 2.77. The molecule has 22 heavy (non-hydrogen) atoms. The van der Waals surface area contributed by atoms with Crippen molar-refractivity contribution in [3.05, 3.63) is 58.2 Å². The van der Waals surface area contributed by atoms with Gasteiger partial charge in [0.15, 0.2) is 0 Å². The summed E-state index contributed by atoms with van der Waals surface area (Å²) in [5, 5.41) is 3.66. The lowest BCUT2D eigenvalue weighted by molar-refractivity contribution is 0.103. The number of benzene rings is 2. The number of methoxy groups -OCH3 is 1. The molecular weight excluding hydrogens is 325 g/mol. The van der Waals surface area contributed by atoms with Crippen LogP contribution in [0.25, 0.3) is 10.1 Å². The van der Waals surface area contributed by atoms with Gasteiger partial charge in [0.2, 0.25) is 0 Å². The Balaban J connectivity index is 1.93. The normalized spacial score (nSPS) is 10.7. The number of hydrogen-bond donors (Lipinski definition) is 1. The van der Waals surface area contributed by atoms with Gasteiger partial charge in [0.1, 0.15) is 11.6 Å². The second kappa shape index (κ2) is 5.94. The van der Waals surface area contributed by atoms with Gasteiger partial charge in [0.25, 0.3) is 5.91 Å². The Kier molecular flexibility index (Phi) is 4.00. The molecule has 0 saturated heterocycles. The first-order valence-corrected chi connectivity index (χ1v) is 7.61. The molecule has 112 valence electrons. The summed E-state index contributed by atoms with van der Waals surface area (Å²) in [5.74, 6) is -0.167. The van der Waals surface area contributed by atoms with Crippen LogP contribution in [0.15, 0.2) is 42.5 Å². The van der Waals surface area contributed by atoms with Gasteiger partial charge < -0.3 is 10.1 Å². The highest BCUT2D eigenvalue weighted by Gasteiger charge is 2.14. The lowest BCUT2D eigenvalue weighted by Gasteiger charge is -2.09. The van der Waals surface area contributed by atoms with E-state index in [-0.39, 0.29) is 11.7 Å². The van der Waals surface area contributed by atoms with Crippen molar-refractivity contribution in [2.24, 2.45) is 0 Å². The van der Waals surface area contributed by atoms with Gasteiger partial charge in [-0.2, -0.15) is 0 Å². The maximum Gasteiger partial charge on any atom is 0.265 e. The van der Waals surface area contributed by atoms with Crippen LogP contribution in [0.5, 0.6) is 5.75 Å². The van der Waals surface area contributed by atoms with Crippen molar-refractivity contribution in [3.8, 4) is 5.75 Å². The zero-order chi connectivity index (χ0) is 15.7. The zero-order valence-electron chi connectivity index (χ0n) is 11.5. The molecule has 1 N–H and O–H groups in total. The van der Waals surface area contributed by atoms with Crippen LogP contribution in [0.1, 0.15) is 9.67 Å². The molecule has 0 saturated carbocycles. The van der Waals surface area contributed by atoms with Gasteiger partial charge in [0.05, 0.1) is 17.7 Å². The van der Waals surface area contributed by atoms with Gasteiger partial charge in [-0.3, -0.25) is 4.79 Å². The van der Waals surface area contributed by atoms with Crippen LogP contribution in [0.2, 0.25) is 5.02 Å². The van der Waals surface area contributed by atoms with Gasteiger partial charge in [-0.15, -0.1) is 11.3 Å². The number of amides is 1. The summed E-state index contributed by atoms with van der Waals surface area (Å²) < 4.78 is 19.6. The monoisotopic (exact) mass is 335 g/mol. The van der Waals surface area contributed by atoms with Gasteiger partial charge in [-0.1, -0.05) is 17.7 Å². The highest BCUT2D eigenvalue weighted by molar-refractivity contribution is 7.20. The Hall–Kier alpha value is -2.11. The van der Waals surface area contributed by atoms with E-state index in [9.17, 15) is 9.18 Å². The minimum Gasteiger partial charge on any atom is -0.495 e. The molecule has 2 aromatic carbocycles. The average molecular weight is 336 g/mol. The lowest BCUT2D eigenvalue weighted by atomic mass is 10.2. The second-order valence-corrected chi connectivity index (χ2v) is 6.08. The molecule has 3 rings (SSSR count). The maximum atomic E-state index is 13.7. The van der Waals surface area contributed by atoms with E-state index in [2.05, 4.69) is 5.32 Å². The number of rotatable bonds is 3. The molecule has 0 fully saturated rings. The Morgan fingerprint density at radius 2 is 2.09 bits per heavy atom. The Labute approximate surface area is 135 Å².